The number of nitrogens with two attached hydrogens (primary N) is 1. The number of hydrogen-bond donors (Lipinski definition) is 3. The van der Waals surface area contributed by atoms with Gasteiger partial charge in [-0.1, -0.05) is 36.4 Å². The van der Waals surface area contributed by atoms with Crippen molar-refractivity contribution in [2.45, 2.75) is 13.8 Å². The number of fused-ring (bicyclic) bond motifs is 1. The van der Waals surface area contributed by atoms with Gasteiger partial charge < -0.3 is 20.9 Å². The van der Waals surface area contributed by atoms with Gasteiger partial charge in [0.1, 0.15) is 11.5 Å². The van der Waals surface area contributed by atoms with Crippen LogP contribution in [0.2, 0.25) is 0 Å². The van der Waals surface area contributed by atoms with Crippen LogP contribution in [0.3, 0.4) is 0 Å². The summed E-state index contributed by atoms with van der Waals surface area (Å²) in [4.78, 5) is 17.3. The molecule has 6 nitrogen and oxygen atoms in total. The molecule has 0 spiro atoms. The first-order valence-corrected chi connectivity index (χ1v) is 10.5. The monoisotopic (exact) mass is 441 g/mol. The Morgan fingerprint density at radius 2 is 1.88 bits per heavy atom. The number of imidazole rings is 1. The maximum atomic E-state index is 14.8. The molecule has 0 unspecified atom stereocenters. The first-order valence-electron chi connectivity index (χ1n) is 10.5. The summed E-state index contributed by atoms with van der Waals surface area (Å²) >= 11 is 0. The molecule has 33 heavy (non-hydrogen) atoms. The Kier molecular flexibility index (Phi) is 6.04. The van der Waals surface area contributed by atoms with Crippen molar-refractivity contribution in [3.05, 3.63) is 95.2 Å². The van der Waals surface area contributed by atoms with Crippen molar-refractivity contribution in [1.29, 1.82) is 5.41 Å². The molecule has 2 heterocycles. The Balaban J connectivity index is 1.74. The highest BCUT2D eigenvalue weighted by Crippen LogP contribution is 2.35. The number of aromatic nitrogens is 2. The van der Waals surface area contributed by atoms with Crippen molar-refractivity contribution < 1.29 is 9.18 Å². The van der Waals surface area contributed by atoms with Crippen LogP contribution in [0.5, 0.6) is 0 Å². The summed E-state index contributed by atoms with van der Waals surface area (Å²) in [6.45, 7) is 3.97. The second kappa shape index (κ2) is 9.08. The van der Waals surface area contributed by atoms with Gasteiger partial charge in [0.2, 0.25) is 0 Å². The minimum atomic E-state index is -0.289. The fourth-order valence-corrected chi connectivity index (χ4v) is 3.77. The first-order chi connectivity index (χ1) is 15.9. The minimum absolute atomic E-state index is 0.165. The van der Waals surface area contributed by atoms with Crippen LogP contribution < -0.4 is 11.1 Å². The lowest BCUT2D eigenvalue weighted by Crippen LogP contribution is -2.26. The smallest absolute Gasteiger partial charge is 0.251 e. The number of nitrogens with one attached hydrogen (secondary N) is 2. The van der Waals surface area contributed by atoms with Crippen molar-refractivity contribution in [1.82, 2.24) is 14.7 Å². The molecule has 2 aromatic heterocycles. The molecule has 0 saturated carbocycles. The summed E-state index contributed by atoms with van der Waals surface area (Å²) in [7, 11) is 0. The first kappa shape index (κ1) is 22.0. The minimum Gasteiger partial charge on any atom is -0.404 e. The highest BCUT2D eigenvalue weighted by molar-refractivity contribution is 5.96. The van der Waals surface area contributed by atoms with Crippen LogP contribution in [0, 0.1) is 25.1 Å². The third-order valence-corrected chi connectivity index (χ3v) is 5.58. The highest BCUT2D eigenvalue weighted by Gasteiger charge is 2.17. The van der Waals surface area contributed by atoms with Gasteiger partial charge in [-0.05, 0) is 43.2 Å². The van der Waals surface area contributed by atoms with E-state index in [0.717, 1.165) is 34.3 Å². The molecule has 4 rings (SSSR count). The Labute approximate surface area is 191 Å². The highest BCUT2D eigenvalue weighted by atomic mass is 19.1. The van der Waals surface area contributed by atoms with Crippen LogP contribution >= 0.6 is 0 Å². The standard InChI is InChI=1S/C26H24FN5O/c1-16-7-8-21(23(27)11-16)20-5-3-4-6-22(20)25-17(2)32-10-9-19(12-24(32)31-25)26(33)30-15-18(13-28)14-29/h3-14,28H,15,29H2,1-2H3,(H,30,33)/b18-14+,28-13?. The molecule has 0 radical (unpaired) electrons. The van der Waals surface area contributed by atoms with E-state index in [1.807, 2.05) is 48.6 Å². The van der Waals surface area contributed by atoms with Crippen LogP contribution in [-0.4, -0.2) is 28.1 Å². The number of amides is 1. The number of carbonyl (C=O) groups is 1. The largest absolute Gasteiger partial charge is 0.404 e. The van der Waals surface area contributed by atoms with Gasteiger partial charge in [-0.15, -0.1) is 0 Å². The maximum Gasteiger partial charge on any atom is 0.251 e. The number of nitrogens with zero attached hydrogens (tertiary/aromatic N) is 2. The molecule has 2 aromatic carbocycles. The topological polar surface area (TPSA) is 96.3 Å². The maximum absolute atomic E-state index is 14.8. The molecule has 4 N–H and O–H groups in total. The number of carbonyl (C=O) groups excluding carboxylic acids is 1. The average Bonchev–Trinajstić information content (AvgIpc) is 3.15. The Morgan fingerprint density at radius 1 is 1.12 bits per heavy atom. The van der Waals surface area contributed by atoms with Gasteiger partial charge in [0, 0.05) is 53.1 Å². The van der Waals surface area contributed by atoms with E-state index in [1.54, 1.807) is 24.4 Å². The molecule has 7 heteroatoms. The molecule has 0 aliphatic heterocycles. The van der Waals surface area contributed by atoms with Gasteiger partial charge in [-0.3, -0.25) is 4.79 Å². The van der Waals surface area contributed by atoms with Crippen molar-refractivity contribution >= 4 is 17.8 Å². The van der Waals surface area contributed by atoms with Crippen LogP contribution in [-0.2, 0) is 0 Å². The summed E-state index contributed by atoms with van der Waals surface area (Å²) in [5, 5.41) is 10.0. The molecule has 0 aliphatic rings. The predicted octanol–water partition coefficient (Wildman–Crippen LogP) is 4.65. The lowest BCUT2D eigenvalue weighted by molar-refractivity contribution is 0.0957. The molecule has 0 saturated heterocycles. The van der Waals surface area contributed by atoms with E-state index in [9.17, 15) is 9.18 Å². The number of rotatable bonds is 6. The second-order valence-corrected chi connectivity index (χ2v) is 7.79. The summed E-state index contributed by atoms with van der Waals surface area (Å²) in [5.74, 6) is -0.568. The predicted molar refractivity (Wildman–Crippen MR) is 129 cm³/mol. The Morgan fingerprint density at radius 3 is 2.58 bits per heavy atom. The van der Waals surface area contributed by atoms with Crippen molar-refractivity contribution in [3.8, 4) is 22.4 Å². The molecule has 0 fully saturated rings. The fourth-order valence-electron chi connectivity index (χ4n) is 3.77. The third kappa shape index (κ3) is 4.25. The zero-order chi connectivity index (χ0) is 23.5. The second-order valence-electron chi connectivity index (χ2n) is 7.79. The van der Waals surface area contributed by atoms with E-state index < -0.39 is 0 Å². The lowest BCUT2D eigenvalue weighted by Gasteiger charge is -2.10. The average molecular weight is 442 g/mol. The molecule has 4 aromatic rings. The summed E-state index contributed by atoms with van der Waals surface area (Å²) < 4.78 is 16.7. The summed E-state index contributed by atoms with van der Waals surface area (Å²) in [6, 6.07) is 16.2. The molecular formula is C26H24FN5O. The fraction of sp³-hybridized carbons (Fsp3) is 0.115. The number of hydrogen-bond acceptors (Lipinski definition) is 4. The van der Waals surface area contributed by atoms with Crippen LogP contribution in [0.4, 0.5) is 4.39 Å². The van der Waals surface area contributed by atoms with Gasteiger partial charge in [-0.2, -0.15) is 0 Å². The molecule has 0 aliphatic carbocycles. The quantitative estimate of drug-likeness (QED) is 0.380. The molecule has 1 amide bonds. The van der Waals surface area contributed by atoms with Crippen LogP contribution in [0.15, 0.2) is 72.6 Å². The summed E-state index contributed by atoms with van der Waals surface area (Å²) in [6.07, 6.45) is 4.18. The lowest BCUT2D eigenvalue weighted by atomic mass is 9.96. The number of aryl methyl sites for hydroxylation is 2. The van der Waals surface area contributed by atoms with Gasteiger partial charge in [0.25, 0.3) is 5.91 Å². The SMILES string of the molecule is Cc1ccc(-c2ccccc2-c2nc3cc(C(=O)NC/C(C=N)=C/N)ccn3c2C)c(F)c1. The Bertz CT molecular complexity index is 1400. The molecule has 0 atom stereocenters. The number of halogens is 1. The van der Waals surface area contributed by atoms with Crippen LogP contribution in [0.1, 0.15) is 21.6 Å². The molecule has 166 valence electrons. The van der Waals surface area contributed by atoms with E-state index in [2.05, 4.69) is 5.32 Å². The zero-order valence-electron chi connectivity index (χ0n) is 18.4. The van der Waals surface area contributed by atoms with E-state index in [-0.39, 0.29) is 18.3 Å². The number of pyridine rings is 1. The number of benzene rings is 2. The van der Waals surface area contributed by atoms with Crippen LogP contribution in [0.25, 0.3) is 28.0 Å². The van der Waals surface area contributed by atoms with Crippen molar-refractivity contribution in [2.24, 2.45) is 5.73 Å². The van der Waals surface area contributed by atoms with E-state index >= 15 is 0 Å². The normalized spacial score (nSPS) is 11.5. The van der Waals surface area contributed by atoms with Gasteiger partial charge in [0.05, 0.1) is 5.69 Å². The van der Waals surface area contributed by atoms with E-state index in [4.69, 9.17) is 16.1 Å². The Hall–Kier alpha value is -4.26. The van der Waals surface area contributed by atoms with Crippen molar-refractivity contribution in [2.75, 3.05) is 6.54 Å². The zero-order valence-corrected chi connectivity index (χ0v) is 18.4. The third-order valence-electron chi connectivity index (χ3n) is 5.58. The molecular weight excluding hydrogens is 417 g/mol. The van der Waals surface area contributed by atoms with Gasteiger partial charge in [-0.25, -0.2) is 9.37 Å². The van der Waals surface area contributed by atoms with E-state index in [0.29, 0.717) is 22.3 Å². The summed E-state index contributed by atoms with van der Waals surface area (Å²) in [5.41, 5.74) is 11.5. The van der Waals surface area contributed by atoms with Crippen molar-refractivity contribution in [3.63, 3.8) is 0 Å². The van der Waals surface area contributed by atoms with Gasteiger partial charge >= 0.3 is 0 Å². The molecule has 0 bridgehead atoms. The van der Waals surface area contributed by atoms with E-state index in [1.165, 1.54) is 12.3 Å². The van der Waals surface area contributed by atoms with Gasteiger partial charge in [0.15, 0.2) is 0 Å².